The molecule has 0 spiro atoms. The van der Waals surface area contributed by atoms with Gasteiger partial charge in [-0.1, -0.05) is 46.3 Å². The van der Waals surface area contributed by atoms with Crippen molar-refractivity contribution >= 4 is 43.3 Å². The summed E-state index contributed by atoms with van der Waals surface area (Å²) in [4.78, 5) is 12.6. The molecule has 0 fully saturated rings. The second-order valence-electron chi connectivity index (χ2n) is 6.54. The molecule has 6 nitrogen and oxygen atoms in total. The van der Waals surface area contributed by atoms with Crippen LogP contribution in [0.25, 0.3) is 0 Å². The molecule has 0 aromatic heterocycles. The van der Waals surface area contributed by atoms with Crippen LogP contribution < -0.4 is 9.73 Å². The van der Waals surface area contributed by atoms with Gasteiger partial charge >= 0.3 is 0 Å². The first-order chi connectivity index (χ1) is 14.8. The van der Waals surface area contributed by atoms with Crippen molar-refractivity contribution in [3.05, 3.63) is 94.7 Å². The van der Waals surface area contributed by atoms with Crippen LogP contribution in [-0.2, 0) is 14.8 Å². The van der Waals surface area contributed by atoms with Crippen molar-refractivity contribution in [1.29, 1.82) is 0 Å². The lowest BCUT2D eigenvalue weighted by atomic mass is 10.1. The highest BCUT2D eigenvalue weighted by atomic mass is 79.9. The van der Waals surface area contributed by atoms with E-state index in [0.29, 0.717) is 5.71 Å². The zero-order chi connectivity index (χ0) is 22.4. The van der Waals surface area contributed by atoms with Crippen molar-refractivity contribution in [2.24, 2.45) is 5.10 Å². The second kappa shape index (κ2) is 9.84. The first kappa shape index (κ1) is 22.6. The van der Waals surface area contributed by atoms with E-state index >= 15 is 0 Å². The minimum absolute atomic E-state index is 0.0154. The lowest BCUT2D eigenvalue weighted by molar-refractivity contribution is -0.119. The van der Waals surface area contributed by atoms with Crippen LogP contribution in [0.3, 0.4) is 0 Å². The molecule has 3 rings (SSSR count). The number of rotatable bonds is 7. The maximum atomic E-state index is 13.4. The summed E-state index contributed by atoms with van der Waals surface area (Å²) in [5, 5.41) is 4.06. The third-order valence-corrected chi connectivity index (χ3v) is 6.66. The summed E-state index contributed by atoms with van der Waals surface area (Å²) in [6, 6.07) is 20.0. The van der Waals surface area contributed by atoms with E-state index in [-0.39, 0.29) is 10.6 Å². The third-order valence-electron chi connectivity index (χ3n) is 4.34. The molecule has 0 aliphatic rings. The van der Waals surface area contributed by atoms with Gasteiger partial charge in [-0.15, -0.1) is 0 Å². The van der Waals surface area contributed by atoms with Crippen LogP contribution in [0.2, 0.25) is 0 Å². The molecule has 0 unspecified atom stereocenters. The summed E-state index contributed by atoms with van der Waals surface area (Å²) in [7, 11) is -4.06. The second-order valence-corrected chi connectivity index (χ2v) is 9.32. The number of hydrogen-bond acceptors (Lipinski definition) is 4. The van der Waals surface area contributed by atoms with Gasteiger partial charge in [-0.2, -0.15) is 5.10 Å². The minimum Gasteiger partial charge on any atom is -0.271 e. The fourth-order valence-electron chi connectivity index (χ4n) is 2.71. The number of halogens is 2. The van der Waals surface area contributed by atoms with Crippen molar-refractivity contribution in [3.63, 3.8) is 0 Å². The van der Waals surface area contributed by atoms with E-state index < -0.39 is 28.3 Å². The highest BCUT2D eigenvalue weighted by Crippen LogP contribution is 2.23. The lowest BCUT2D eigenvalue weighted by Crippen LogP contribution is -2.39. The lowest BCUT2D eigenvalue weighted by Gasteiger charge is -2.23. The molecule has 0 saturated carbocycles. The van der Waals surface area contributed by atoms with Crippen LogP contribution in [0.5, 0.6) is 0 Å². The number of hydrazone groups is 1. The molecule has 9 heteroatoms. The molecule has 0 radical (unpaired) electrons. The van der Waals surface area contributed by atoms with Crippen molar-refractivity contribution in [3.8, 4) is 0 Å². The molecule has 0 atom stereocenters. The molecule has 0 aliphatic carbocycles. The topological polar surface area (TPSA) is 78.8 Å². The van der Waals surface area contributed by atoms with Crippen molar-refractivity contribution in [1.82, 2.24) is 5.43 Å². The number of nitrogens with one attached hydrogen (secondary N) is 1. The molecule has 1 amide bonds. The van der Waals surface area contributed by atoms with E-state index in [1.807, 2.05) is 24.3 Å². The number of anilines is 1. The Morgan fingerprint density at radius 3 is 2.23 bits per heavy atom. The zero-order valence-corrected chi connectivity index (χ0v) is 18.9. The summed E-state index contributed by atoms with van der Waals surface area (Å²) in [6.07, 6.45) is 0. The summed E-state index contributed by atoms with van der Waals surface area (Å²) in [5.41, 5.74) is 3.91. The van der Waals surface area contributed by atoms with Gasteiger partial charge in [0, 0.05) is 4.47 Å². The third kappa shape index (κ3) is 5.77. The van der Waals surface area contributed by atoms with E-state index in [1.165, 1.54) is 24.3 Å². The Hall–Kier alpha value is -3.04. The van der Waals surface area contributed by atoms with E-state index in [1.54, 1.807) is 25.1 Å². The quantitative estimate of drug-likeness (QED) is 0.385. The molecule has 160 valence electrons. The van der Waals surface area contributed by atoms with Crippen LogP contribution in [0.15, 0.2) is 93.3 Å². The smallest absolute Gasteiger partial charge is 0.264 e. The standard InChI is InChI=1S/C22H19BrFN3O3S/c1-16(17-7-9-18(23)10-8-17)25-26-22(28)15-27(20-13-11-19(24)12-14-20)31(29,30)21-5-3-2-4-6-21/h2-14H,15H2,1H3,(H,26,28)/b25-16-. The molecular weight excluding hydrogens is 485 g/mol. The van der Waals surface area contributed by atoms with Crippen molar-refractivity contribution in [2.45, 2.75) is 11.8 Å². The maximum Gasteiger partial charge on any atom is 0.264 e. The van der Waals surface area contributed by atoms with Crippen LogP contribution >= 0.6 is 15.9 Å². The Kier molecular flexibility index (Phi) is 7.19. The summed E-state index contributed by atoms with van der Waals surface area (Å²) < 4.78 is 41.5. The number of benzene rings is 3. The largest absolute Gasteiger partial charge is 0.271 e. The van der Waals surface area contributed by atoms with Gasteiger partial charge in [0.2, 0.25) is 0 Å². The Bertz CT molecular complexity index is 1180. The SMILES string of the molecule is C/C(=N/NC(=O)CN(c1ccc(F)cc1)S(=O)(=O)c1ccccc1)c1ccc(Br)cc1. The average molecular weight is 504 g/mol. The highest BCUT2D eigenvalue weighted by Gasteiger charge is 2.27. The predicted molar refractivity (Wildman–Crippen MR) is 122 cm³/mol. The van der Waals surface area contributed by atoms with Crippen molar-refractivity contribution in [2.75, 3.05) is 10.8 Å². The van der Waals surface area contributed by atoms with Gasteiger partial charge in [0.25, 0.3) is 15.9 Å². The van der Waals surface area contributed by atoms with Gasteiger partial charge < -0.3 is 0 Å². The fourth-order valence-corrected chi connectivity index (χ4v) is 4.42. The number of amides is 1. The van der Waals surface area contributed by atoms with Crippen LogP contribution in [-0.4, -0.2) is 26.6 Å². The van der Waals surface area contributed by atoms with Gasteiger partial charge in [0.15, 0.2) is 0 Å². The molecule has 0 saturated heterocycles. The molecule has 0 heterocycles. The van der Waals surface area contributed by atoms with Gasteiger partial charge in [0.1, 0.15) is 12.4 Å². The minimum atomic E-state index is -4.06. The van der Waals surface area contributed by atoms with E-state index in [9.17, 15) is 17.6 Å². The monoisotopic (exact) mass is 503 g/mol. The Labute approximate surface area is 188 Å². The number of nitrogens with zero attached hydrogens (tertiary/aromatic N) is 2. The molecule has 31 heavy (non-hydrogen) atoms. The van der Waals surface area contributed by atoms with E-state index in [4.69, 9.17) is 0 Å². The molecule has 3 aromatic carbocycles. The number of carbonyl (C=O) groups is 1. The maximum absolute atomic E-state index is 13.4. The normalized spacial score (nSPS) is 11.8. The van der Waals surface area contributed by atoms with Gasteiger partial charge in [-0.3, -0.25) is 9.10 Å². The van der Waals surface area contributed by atoms with Crippen LogP contribution in [0, 0.1) is 5.82 Å². The van der Waals surface area contributed by atoms with Gasteiger partial charge in [0.05, 0.1) is 16.3 Å². The summed E-state index contributed by atoms with van der Waals surface area (Å²) in [5.74, 6) is -1.15. The molecule has 0 bridgehead atoms. The summed E-state index contributed by atoms with van der Waals surface area (Å²) in [6.45, 7) is 1.20. The van der Waals surface area contributed by atoms with Crippen LogP contribution in [0.4, 0.5) is 10.1 Å². The van der Waals surface area contributed by atoms with E-state index in [0.717, 1.165) is 26.5 Å². The first-order valence-electron chi connectivity index (χ1n) is 9.20. The van der Waals surface area contributed by atoms with Crippen molar-refractivity contribution < 1.29 is 17.6 Å². The molecule has 0 aliphatic heterocycles. The highest BCUT2D eigenvalue weighted by molar-refractivity contribution is 9.10. The Balaban J connectivity index is 1.84. The van der Waals surface area contributed by atoms with Crippen LogP contribution in [0.1, 0.15) is 12.5 Å². The van der Waals surface area contributed by atoms with E-state index in [2.05, 4.69) is 26.5 Å². The number of hydrogen-bond donors (Lipinski definition) is 1. The summed E-state index contributed by atoms with van der Waals surface area (Å²) >= 11 is 3.35. The Morgan fingerprint density at radius 2 is 1.61 bits per heavy atom. The Morgan fingerprint density at radius 1 is 1.00 bits per heavy atom. The zero-order valence-electron chi connectivity index (χ0n) is 16.5. The molecule has 3 aromatic rings. The van der Waals surface area contributed by atoms with Gasteiger partial charge in [-0.05, 0) is 61.0 Å². The molecule has 1 N–H and O–H groups in total. The first-order valence-corrected chi connectivity index (χ1v) is 11.4. The number of carbonyl (C=O) groups excluding carboxylic acids is 1. The molecular formula is C22H19BrFN3O3S. The average Bonchev–Trinajstić information content (AvgIpc) is 2.77. The van der Waals surface area contributed by atoms with Gasteiger partial charge in [-0.25, -0.2) is 18.2 Å². The number of sulfonamides is 1. The predicted octanol–water partition coefficient (Wildman–Crippen LogP) is 4.32. The fraction of sp³-hybridized carbons (Fsp3) is 0.0909.